The van der Waals surface area contributed by atoms with Crippen LogP contribution in [0.15, 0.2) is 42.4 Å². The first-order valence-electron chi connectivity index (χ1n) is 8.23. The Morgan fingerprint density at radius 3 is 1.94 bits per heavy atom. The zero-order valence-corrected chi connectivity index (χ0v) is 50.8. The van der Waals surface area contributed by atoms with Crippen LogP contribution in [0.25, 0.3) is 0 Å². The van der Waals surface area contributed by atoms with Gasteiger partial charge in [0.2, 0.25) is 0 Å². The number of nitrogens with zero attached hydrogens (tertiary/aromatic N) is 1. The largest absolute Gasteiger partial charge is 0.361 e. The molecule has 0 bridgehead atoms. The Balaban J connectivity index is -0.0000000748. The minimum absolute atomic E-state index is 0. The zero-order chi connectivity index (χ0) is 15.9. The minimum atomic E-state index is 0. The molecule has 0 saturated heterocycles. The summed E-state index contributed by atoms with van der Waals surface area (Å²) in [5.41, 5.74) is 4.94. The van der Waals surface area contributed by atoms with Crippen LogP contribution in [0.5, 0.6) is 0 Å². The quantitative estimate of drug-likeness (QED) is 0.372. The van der Waals surface area contributed by atoms with Crippen molar-refractivity contribution in [1.82, 2.24) is 0 Å². The van der Waals surface area contributed by atoms with Gasteiger partial charge in [0, 0.05) is 377 Å². The average Bonchev–Trinajstić information content (AvgIpc) is 2.77. The van der Waals surface area contributed by atoms with Gasteiger partial charge in [0.1, 0.15) is 0 Å². The molecule has 0 aliphatic carbocycles. The van der Waals surface area contributed by atoms with Gasteiger partial charge in [0.15, 0.2) is 0 Å². The minimum Gasteiger partial charge on any atom is -0.361 e. The molecular formula is C20H23NY11-2. The van der Waals surface area contributed by atoms with Crippen LogP contribution >= 0.6 is 0 Å². The molecule has 2 aromatic rings. The van der Waals surface area contributed by atoms with Gasteiger partial charge >= 0.3 is 0 Å². The first-order chi connectivity index (χ1) is 10.5. The smallest absolute Gasteiger partial charge is 0.0623 e. The fourth-order valence-electron chi connectivity index (χ4n) is 3.17. The number of fused-ring (bicyclic) bond motifs is 1. The van der Waals surface area contributed by atoms with Gasteiger partial charge in [-0.15, -0.1) is 12.1 Å². The molecule has 143 valence electrons. The van der Waals surface area contributed by atoms with Gasteiger partial charge in [-0.3, -0.25) is 0 Å². The summed E-state index contributed by atoms with van der Waals surface area (Å²) >= 11 is 0. The standard InChI is InChI=1S/C20H23N.11Y/c1-5-14(2)17-9-8-10-18(13-17)21-16(4)15(3)19-11-6-7-12-20(19)21;;;;;;;;;;;/h5-8,10-16H,1-4H3;;;;;;;;;;;/q-2;;;;;;;;;;;/t14-,15-,16+;;;;;;;;;;;/m1.........../s1/i7T;;;;;;;;;;;. The number of hydrogen-bond acceptors (Lipinski definition) is 1. The zero-order valence-electron chi connectivity index (χ0n) is 20.6. The molecule has 1 nitrogen and oxygen atoms in total. The third-order valence-electron chi connectivity index (χ3n) is 4.83. The van der Waals surface area contributed by atoms with Crippen molar-refractivity contribution in [3.8, 4) is 0 Å². The van der Waals surface area contributed by atoms with Crippen molar-refractivity contribution < 1.29 is 361 Å². The van der Waals surface area contributed by atoms with Gasteiger partial charge in [0.05, 0.1) is 1.37 Å². The van der Waals surface area contributed by atoms with E-state index in [0.29, 0.717) is 23.9 Å². The molecule has 0 amide bonds. The van der Waals surface area contributed by atoms with Gasteiger partial charge in [-0.25, -0.2) is 0 Å². The third kappa shape index (κ3) is 19.0. The Morgan fingerprint density at radius 2 is 1.44 bits per heavy atom. The predicted molar refractivity (Wildman–Crippen MR) is 90.1 cm³/mol. The van der Waals surface area contributed by atoms with Gasteiger partial charge in [0.25, 0.3) is 0 Å². The van der Waals surface area contributed by atoms with Crippen LogP contribution in [-0.4, -0.2) is 6.04 Å². The summed E-state index contributed by atoms with van der Waals surface area (Å²) in [5.74, 6) is 0.871. The molecule has 1 heterocycles. The van der Waals surface area contributed by atoms with Gasteiger partial charge in [-0.1, -0.05) is 37.7 Å². The van der Waals surface area contributed by atoms with Crippen molar-refractivity contribution in [2.75, 3.05) is 4.90 Å². The fourth-order valence-corrected chi connectivity index (χ4v) is 3.17. The molecule has 3 rings (SSSR count). The topological polar surface area (TPSA) is 3.24 Å². The maximum atomic E-state index is 7.95. The van der Waals surface area contributed by atoms with E-state index in [4.69, 9.17) is 1.37 Å². The van der Waals surface area contributed by atoms with Crippen LogP contribution < -0.4 is 4.90 Å². The first kappa shape index (κ1) is 61.4. The van der Waals surface area contributed by atoms with E-state index in [1.165, 1.54) is 22.5 Å². The molecule has 0 unspecified atom stereocenters. The van der Waals surface area contributed by atoms with Crippen molar-refractivity contribution in [3.63, 3.8) is 0 Å². The van der Waals surface area contributed by atoms with E-state index in [0.717, 1.165) is 0 Å². The Labute approximate surface area is 475 Å². The first-order valence-corrected chi connectivity index (χ1v) is 7.73. The molecule has 1 aliphatic heterocycles. The molecule has 12 heteroatoms. The molecular weight excluding hydrogens is 1230 g/mol. The monoisotopic (exact) mass is 1260 g/mol. The van der Waals surface area contributed by atoms with Crippen LogP contribution in [0.2, 0.25) is 0 Å². The molecule has 0 spiro atoms. The third-order valence-corrected chi connectivity index (χ3v) is 4.83. The summed E-state index contributed by atoms with van der Waals surface area (Å²) in [7, 11) is 0. The average molecular weight is 1260 g/mol. The molecule has 11 radical (unpaired) electrons. The van der Waals surface area contributed by atoms with Crippen LogP contribution in [0.3, 0.4) is 0 Å². The second kappa shape index (κ2) is 35.9. The van der Waals surface area contributed by atoms with Gasteiger partial charge in [-0.05, 0) is 18.6 Å². The maximum absolute atomic E-state index is 7.95. The molecule has 3 atom stereocenters. The number of para-hydroxylation sites is 1. The molecule has 0 N–H and O–H groups in total. The van der Waals surface area contributed by atoms with E-state index in [2.05, 4.69) is 63.3 Å². The van der Waals surface area contributed by atoms with E-state index >= 15 is 0 Å². The summed E-state index contributed by atoms with van der Waals surface area (Å²) in [6, 6.07) is 16.7. The second-order valence-electron chi connectivity index (χ2n) is 6.01. The second-order valence-corrected chi connectivity index (χ2v) is 6.01. The summed E-state index contributed by atoms with van der Waals surface area (Å²) < 4.78 is 7.95. The molecule has 0 saturated carbocycles. The van der Waals surface area contributed by atoms with E-state index < -0.39 is 0 Å². The molecule has 0 aromatic heterocycles. The summed E-state index contributed by atoms with van der Waals surface area (Å²) in [6.07, 6.45) is 2.20. The molecule has 32 heavy (non-hydrogen) atoms. The van der Waals surface area contributed by atoms with Crippen LogP contribution in [0.4, 0.5) is 11.4 Å². The molecule has 2 aromatic carbocycles. The van der Waals surface area contributed by atoms with Crippen LogP contribution in [-0.2, 0) is 360 Å². The van der Waals surface area contributed by atoms with Crippen molar-refractivity contribution in [2.45, 2.75) is 45.6 Å². The van der Waals surface area contributed by atoms with E-state index in [9.17, 15) is 0 Å². The van der Waals surface area contributed by atoms with E-state index in [1.807, 2.05) is 18.2 Å². The summed E-state index contributed by atoms with van der Waals surface area (Å²) in [5, 5.41) is 0. The fraction of sp³-hybridized carbons (Fsp3) is 0.350. The Hall–Kier alpha value is 10.4. The van der Waals surface area contributed by atoms with Crippen molar-refractivity contribution in [2.24, 2.45) is 0 Å². The van der Waals surface area contributed by atoms with Gasteiger partial charge < -0.3 is 11.3 Å². The van der Waals surface area contributed by atoms with Crippen molar-refractivity contribution >= 4 is 11.4 Å². The Kier molecular flexibility index (Phi) is 68.8. The number of anilines is 2. The maximum Gasteiger partial charge on any atom is 0.0623 e. The van der Waals surface area contributed by atoms with Crippen molar-refractivity contribution in [1.29, 1.82) is 0 Å². The predicted octanol–water partition coefficient (Wildman–Crippen LogP) is 5.43. The number of benzene rings is 2. The Morgan fingerprint density at radius 1 is 0.906 bits per heavy atom. The van der Waals surface area contributed by atoms with E-state index in [1.54, 1.807) is 0 Å². The number of rotatable bonds is 3. The summed E-state index contributed by atoms with van der Waals surface area (Å²) in [4.78, 5) is 2.37. The summed E-state index contributed by atoms with van der Waals surface area (Å²) in [6.45, 7) is 8.82. The van der Waals surface area contributed by atoms with E-state index in [-0.39, 0.29) is 360 Å². The molecule has 1 aliphatic rings. The normalized spacial score (nSPS) is 15.0. The van der Waals surface area contributed by atoms with Crippen molar-refractivity contribution in [3.05, 3.63) is 66.1 Å². The number of hydrogen-bond donors (Lipinski definition) is 0. The SMILES string of the molecule is [3H]c1ccc2c(c1)N(c1cc[c-]c([C@H](C)[CH-]C)c1)[C@@H](C)[C@H]2C.[Y].[Y].[Y].[Y].[Y].[Y].[Y].[Y].[Y].[Y].[Y]. The Bertz CT molecular complexity index is 709. The van der Waals surface area contributed by atoms with Crippen LogP contribution in [0, 0.1) is 12.5 Å². The van der Waals surface area contributed by atoms with Crippen LogP contribution in [0.1, 0.15) is 52.0 Å². The molecule has 0 fully saturated rings. The van der Waals surface area contributed by atoms with Gasteiger partial charge in [-0.2, -0.15) is 30.5 Å².